The lowest BCUT2D eigenvalue weighted by molar-refractivity contribution is -0.133. The summed E-state index contributed by atoms with van der Waals surface area (Å²) in [6.45, 7) is 12.0. The number of carbonyl (C=O) groups is 3. The third-order valence-electron chi connectivity index (χ3n) is 13.1. The molecule has 3 aromatic carbocycles. The molecule has 294 valence electrons. The molecule has 11 nitrogen and oxygen atoms in total. The maximum Gasteiger partial charge on any atom is 0.253 e. The number of hydrogen-bond donors (Lipinski definition) is 2. The van der Waals surface area contributed by atoms with Gasteiger partial charge in [0.15, 0.2) is 0 Å². The molecule has 5 fully saturated rings. The molecule has 5 aliphatic rings. The number of nitrogens with one attached hydrogen (secondary N) is 2. The zero-order valence-corrected chi connectivity index (χ0v) is 33.1. The van der Waals surface area contributed by atoms with Gasteiger partial charge in [0.25, 0.3) is 5.91 Å². The fraction of sp³-hybridized carbons (Fsp3) is 0.500. The molecular weight excluding hydrogens is 724 g/mol. The van der Waals surface area contributed by atoms with Gasteiger partial charge in [-0.25, -0.2) is 0 Å². The van der Waals surface area contributed by atoms with Crippen molar-refractivity contribution in [2.24, 2.45) is 11.3 Å². The molecule has 12 heteroatoms. The molecule has 5 saturated heterocycles. The van der Waals surface area contributed by atoms with E-state index < -0.39 is 0 Å². The SMILES string of the molecule is C[C@H]1CC2(CCN(c3ccc(C(=O)N4CCC(CN5CCN(c6ccc(NC7CCC(=O)NC7=O)cc6)CC5)CC4)cc3)CC2)CN1c1ccc(C#N)c(Cl)c1. The standard InChI is InChI=1S/C44H53ClN8O3/c1-31-27-44(30-53(31)38-9-4-34(28-46)39(45)26-38)16-20-50(21-17-44)36-7-2-33(3-8-36)43(56)52-18-14-32(15-19-52)29-49-22-24-51(25-23-49)37-10-5-35(6-11-37)47-40-12-13-41(54)48-42(40)55/h2-11,26,31-32,40,47H,12-25,27,29-30H2,1H3,(H,48,54,55)/t31-,40?/m0/s1. The Morgan fingerprint density at radius 1 is 0.857 bits per heavy atom. The van der Waals surface area contributed by atoms with Gasteiger partial charge in [0.05, 0.1) is 10.6 Å². The quantitative estimate of drug-likeness (QED) is 0.267. The minimum atomic E-state index is -0.378. The van der Waals surface area contributed by atoms with Crippen LogP contribution in [0.4, 0.5) is 22.7 Å². The lowest BCUT2D eigenvalue weighted by atomic mass is 9.76. The van der Waals surface area contributed by atoms with Gasteiger partial charge >= 0.3 is 0 Å². The van der Waals surface area contributed by atoms with Crippen LogP contribution in [0.1, 0.15) is 67.8 Å². The highest BCUT2D eigenvalue weighted by Gasteiger charge is 2.44. The molecule has 2 N–H and O–H groups in total. The Bertz CT molecular complexity index is 1940. The number of benzene rings is 3. The van der Waals surface area contributed by atoms with Gasteiger partial charge in [-0.05, 0) is 124 Å². The zero-order chi connectivity index (χ0) is 38.8. The highest BCUT2D eigenvalue weighted by Crippen LogP contribution is 2.46. The topological polar surface area (TPSA) is 115 Å². The van der Waals surface area contributed by atoms with Crippen molar-refractivity contribution in [1.29, 1.82) is 5.26 Å². The number of halogens is 1. The number of amides is 3. The number of carbonyl (C=O) groups excluding carboxylic acids is 3. The zero-order valence-electron chi connectivity index (χ0n) is 32.4. The van der Waals surface area contributed by atoms with Crippen molar-refractivity contribution in [3.8, 4) is 6.07 Å². The van der Waals surface area contributed by atoms with Crippen LogP contribution < -0.4 is 25.3 Å². The number of nitriles is 1. The summed E-state index contributed by atoms with van der Waals surface area (Å²) >= 11 is 6.38. The van der Waals surface area contributed by atoms with Crippen LogP contribution in [0.15, 0.2) is 66.7 Å². The molecule has 0 aliphatic carbocycles. The van der Waals surface area contributed by atoms with Crippen molar-refractivity contribution < 1.29 is 14.4 Å². The van der Waals surface area contributed by atoms with Crippen molar-refractivity contribution in [3.63, 3.8) is 0 Å². The second-order valence-corrected chi connectivity index (χ2v) is 17.1. The maximum atomic E-state index is 13.5. The fourth-order valence-corrected chi connectivity index (χ4v) is 9.93. The van der Waals surface area contributed by atoms with Crippen LogP contribution in [0.5, 0.6) is 0 Å². The van der Waals surface area contributed by atoms with Gasteiger partial charge in [-0.2, -0.15) is 5.26 Å². The molecule has 0 radical (unpaired) electrons. The smallest absolute Gasteiger partial charge is 0.253 e. The molecule has 5 aliphatic heterocycles. The van der Waals surface area contributed by atoms with E-state index in [9.17, 15) is 19.6 Å². The van der Waals surface area contributed by atoms with Crippen LogP contribution in [-0.2, 0) is 9.59 Å². The van der Waals surface area contributed by atoms with Crippen LogP contribution in [0.2, 0.25) is 5.02 Å². The summed E-state index contributed by atoms with van der Waals surface area (Å²) in [5.74, 6) is 0.283. The molecule has 0 aromatic heterocycles. The highest BCUT2D eigenvalue weighted by molar-refractivity contribution is 6.32. The molecule has 0 saturated carbocycles. The Labute approximate surface area is 335 Å². The van der Waals surface area contributed by atoms with Crippen LogP contribution in [-0.4, -0.2) is 105 Å². The predicted octanol–water partition coefficient (Wildman–Crippen LogP) is 5.99. The summed E-state index contributed by atoms with van der Waals surface area (Å²) in [5, 5.41) is 15.5. The molecule has 1 unspecified atom stereocenters. The van der Waals surface area contributed by atoms with Crippen molar-refractivity contribution in [1.82, 2.24) is 15.1 Å². The maximum absolute atomic E-state index is 13.5. The van der Waals surface area contributed by atoms with E-state index in [1.54, 1.807) is 0 Å². The first kappa shape index (κ1) is 38.1. The van der Waals surface area contributed by atoms with E-state index >= 15 is 0 Å². The molecular formula is C44H53ClN8O3. The van der Waals surface area contributed by atoms with Gasteiger partial charge in [0.1, 0.15) is 12.1 Å². The first-order valence-electron chi connectivity index (χ1n) is 20.4. The summed E-state index contributed by atoms with van der Waals surface area (Å²) in [4.78, 5) is 49.1. The number of likely N-dealkylation sites (tertiary alicyclic amines) is 1. The fourth-order valence-electron chi connectivity index (χ4n) is 9.71. The summed E-state index contributed by atoms with van der Waals surface area (Å²) in [7, 11) is 0. The minimum Gasteiger partial charge on any atom is -0.374 e. The first-order chi connectivity index (χ1) is 27.1. The van der Waals surface area contributed by atoms with Gasteiger partial charge in [-0.3, -0.25) is 24.6 Å². The number of imide groups is 1. The van der Waals surface area contributed by atoms with Gasteiger partial charge in [-0.15, -0.1) is 0 Å². The Morgan fingerprint density at radius 3 is 2.14 bits per heavy atom. The molecule has 8 rings (SSSR count). The Balaban J connectivity index is 0.752. The number of nitrogens with zero attached hydrogens (tertiary/aromatic N) is 6. The van der Waals surface area contributed by atoms with Gasteiger partial charge < -0.3 is 24.9 Å². The van der Waals surface area contributed by atoms with Crippen LogP contribution >= 0.6 is 11.6 Å². The van der Waals surface area contributed by atoms with Crippen molar-refractivity contribution in [2.45, 2.75) is 64.0 Å². The van der Waals surface area contributed by atoms with Crippen LogP contribution in [0, 0.1) is 22.7 Å². The third-order valence-corrected chi connectivity index (χ3v) is 13.4. The minimum absolute atomic E-state index is 0.141. The van der Waals surface area contributed by atoms with E-state index in [-0.39, 0.29) is 29.2 Å². The van der Waals surface area contributed by atoms with Gasteiger partial charge in [0, 0.05) is 106 Å². The number of piperidine rings is 3. The van der Waals surface area contributed by atoms with E-state index in [1.807, 2.05) is 47.4 Å². The molecule has 3 aromatic rings. The highest BCUT2D eigenvalue weighted by atomic mass is 35.5. The monoisotopic (exact) mass is 776 g/mol. The molecule has 56 heavy (non-hydrogen) atoms. The van der Waals surface area contributed by atoms with Crippen molar-refractivity contribution >= 4 is 52.1 Å². The second kappa shape index (κ2) is 16.4. The Kier molecular flexibility index (Phi) is 11.1. The predicted molar refractivity (Wildman–Crippen MR) is 221 cm³/mol. The van der Waals surface area contributed by atoms with E-state index in [0.29, 0.717) is 35.4 Å². The molecule has 0 bridgehead atoms. The normalized spacial score (nSPS) is 23.3. The van der Waals surface area contributed by atoms with E-state index in [4.69, 9.17) is 11.6 Å². The molecule has 2 atom stereocenters. The van der Waals surface area contributed by atoms with Crippen LogP contribution in [0.25, 0.3) is 0 Å². The average molecular weight is 777 g/mol. The van der Waals surface area contributed by atoms with Gasteiger partial charge in [-0.1, -0.05) is 11.6 Å². The summed E-state index contributed by atoms with van der Waals surface area (Å²) in [5.41, 5.74) is 5.93. The molecule has 5 heterocycles. The lowest BCUT2D eigenvalue weighted by Gasteiger charge is -2.40. The number of hydrogen-bond acceptors (Lipinski definition) is 9. The number of anilines is 4. The van der Waals surface area contributed by atoms with E-state index in [1.165, 1.54) is 11.4 Å². The Hall–Kier alpha value is -4.79. The lowest BCUT2D eigenvalue weighted by Crippen LogP contribution is -2.49. The van der Waals surface area contributed by atoms with Crippen molar-refractivity contribution in [2.75, 3.05) is 85.5 Å². The summed E-state index contributed by atoms with van der Waals surface area (Å²) < 4.78 is 0. The number of rotatable bonds is 8. The van der Waals surface area contributed by atoms with Gasteiger partial charge in [0.2, 0.25) is 11.8 Å². The van der Waals surface area contributed by atoms with E-state index in [2.05, 4.69) is 67.5 Å². The van der Waals surface area contributed by atoms with Crippen molar-refractivity contribution in [3.05, 3.63) is 82.9 Å². The van der Waals surface area contributed by atoms with Crippen LogP contribution in [0.3, 0.4) is 0 Å². The second-order valence-electron chi connectivity index (χ2n) is 16.7. The first-order valence-corrected chi connectivity index (χ1v) is 20.8. The molecule has 1 spiro atoms. The molecule has 3 amide bonds. The number of piperazine rings is 1. The Morgan fingerprint density at radius 2 is 1.50 bits per heavy atom. The average Bonchev–Trinajstić information content (AvgIpc) is 3.54. The largest absolute Gasteiger partial charge is 0.374 e. The van der Waals surface area contributed by atoms with E-state index in [0.717, 1.165) is 114 Å². The summed E-state index contributed by atoms with van der Waals surface area (Å²) in [6.07, 6.45) is 6.37. The third kappa shape index (κ3) is 8.33. The summed E-state index contributed by atoms with van der Waals surface area (Å²) in [6, 6.07) is 24.6.